The second-order valence-electron chi connectivity index (χ2n) is 9.52. The standard InChI is InChI=1S/C32H28/c1-19-15-23-7-5-9-25(23)17-31(19)29-13-11-28-22(4)30(14-12-27(28)21(29)3)32-18-26-10-6-8-24(26)16-20(32)2/h5-8,11-18H,9-10H2,1-4H3. The molecule has 0 radical (unpaired) electrons. The van der Waals surface area contributed by atoms with E-state index in [0.717, 1.165) is 12.8 Å². The summed E-state index contributed by atoms with van der Waals surface area (Å²) >= 11 is 0. The molecule has 0 atom stereocenters. The van der Waals surface area contributed by atoms with Gasteiger partial charge in [-0.05, 0) is 130 Å². The number of hydrogen-bond donors (Lipinski definition) is 0. The van der Waals surface area contributed by atoms with Gasteiger partial charge in [0.1, 0.15) is 0 Å². The summed E-state index contributed by atoms with van der Waals surface area (Å²) in [5.41, 5.74) is 16.6. The van der Waals surface area contributed by atoms with Crippen LogP contribution in [0.25, 0.3) is 45.2 Å². The first-order valence-corrected chi connectivity index (χ1v) is 11.6. The van der Waals surface area contributed by atoms with Crippen molar-refractivity contribution >= 4 is 22.9 Å². The maximum Gasteiger partial charge on any atom is -0.00880 e. The predicted molar refractivity (Wildman–Crippen MR) is 139 cm³/mol. The van der Waals surface area contributed by atoms with Gasteiger partial charge < -0.3 is 0 Å². The van der Waals surface area contributed by atoms with E-state index in [1.807, 2.05) is 0 Å². The number of benzene rings is 4. The molecular weight excluding hydrogens is 384 g/mol. The maximum absolute atomic E-state index is 2.40. The molecule has 0 aromatic heterocycles. The second kappa shape index (κ2) is 7.07. The summed E-state index contributed by atoms with van der Waals surface area (Å²) in [4.78, 5) is 0. The molecule has 0 bridgehead atoms. The van der Waals surface area contributed by atoms with E-state index in [9.17, 15) is 0 Å². The summed E-state index contributed by atoms with van der Waals surface area (Å²) in [6.45, 7) is 9.05. The van der Waals surface area contributed by atoms with E-state index in [1.54, 1.807) is 0 Å². The number of fused-ring (bicyclic) bond motifs is 3. The highest BCUT2D eigenvalue weighted by atomic mass is 14.2. The Bertz CT molecular complexity index is 1380. The lowest BCUT2D eigenvalue weighted by Gasteiger charge is -2.18. The van der Waals surface area contributed by atoms with Gasteiger partial charge in [0.2, 0.25) is 0 Å². The van der Waals surface area contributed by atoms with Crippen LogP contribution in [0.4, 0.5) is 0 Å². The molecule has 0 aliphatic heterocycles. The Morgan fingerprint density at radius 1 is 0.500 bits per heavy atom. The molecule has 0 unspecified atom stereocenters. The van der Waals surface area contributed by atoms with Gasteiger partial charge in [-0.15, -0.1) is 0 Å². The van der Waals surface area contributed by atoms with Gasteiger partial charge in [-0.2, -0.15) is 0 Å². The fourth-order valence-corrected chi connectivity index (χ4v) is 5.71. The molecule has 4 aromatic rings. The molecule has 0 heteroatoms. The molecule has 2 aliphatic carbocycles. The topological polar surface area (TPSA) is 0 Å². The number of allylic oxidation sites excluding steroid dienone is 2. The Balaban J connectivity index is 1.50. The Morgan fingerprint density at radius 3 is 1.38 bits per heavy atom. The van der Waals surface area contributed by atoms with Gasteiger partial charge in [-0.1, -0.05) is 60.7 Å². The fraction of sp³-hybridized carbons (Fsp3) is 0.188. The first-order valence-electron chi connectivity index (χ1n) is 11.6. The minimum atomic E-state index is 1.05. The highest BCUT2D eigenvalue weighted by molar-refractivity contribution is 5.98. The number of hydrogen-bond acceptors (Lipinski definition) is 0. The van der Waals surface area contributed by atoms with Crippen LogP contribution in [0.15, 0.2) is 60.7 Å². The van der Waals surface area contributed by atoms with E-state index < -0.39 is 0 Å². The van der Waals surface area contributed by atoms with E-state index in [4.69, 9.17) is 0 Å². The van der Waals surface area contributed by atoms with Crippen molar-refractivity contribution in [2.45, 2.75) is 40.5 Å². The lowest BCUT2D eigenvalue weighted by atomic mass is 9.86. The highest BCUT2D eigenvalue weighted by Gasteiger charge is 2.16. The summed E-state index contributed by atoms with van der Waals surface area (Å²) < 4.78 is 0. The zero-order chi connectivity index (χ0) is 22.0. The van der Waals surface area contributed by atoms with Crippen molar-refractivity contribution < 1.29 is 0 Å². The van der Waals surface area contributed by atoms with Crippen LogP contribution in [0.2, 0.25) is 0 Å². The lowest BCUT2D eigenvalue weighted by molar-refractivity contribution is 1.29. The molecule has 4 aromatic carbocycles. The molecule has 0 spiro atoms. The van der Waals surface area contributed by atoms with Crippen LogP contribution in [-0.4, -0.2) is 0 Å². The SMILES string of the molecule is Cc1cc2c(cc1-c1ccc3c(C)c(-c4cc5c(cc4C)C=CC5)ccc3c1C)CC=C2. The third-order valence-electron chi connectivity index (χ3n) is 7.56. The second-order valence-corrected chi connectivity index (χ2v) is 9.52. The Hall–Kier alpha value is -3.38. The van der Waals surface area contributed by atoms with Crippen LogP contribution in [-0.2, 0) is 12.8 Å². The smallest absolute Gasteiger partial charge is 0.00880 e. The zero-order valence-corrected chi connectivity index (χ0v) is 19.3. The van der Waals surface area contributed by atoms with Gasteiger partial charge in [-0.25, -0.2) is 0 Å². The van der Waals surface area contributed by atoms with Crippen molar-refractivity contribution in [1.82, 2.24) is 0 Å². The highest BCUT2D eigenvalue weighted by Crippen LogP contribution is 2.39. The van der Waals surface area contributed by atoms with Crippen LogP contribution < -0.4 is 0 Å². The molecule has 6 rings (SSSR count). The van der Waals surface area contributed by atoms with Crippen molar-refractivity contribution in [2.75, 3.05) is 0 Å². The molecule has 156 valence electrons. The molecular formula is C32H28. The fourth-order valence-electron chi connectivity index (χ4n) is 5.71. The molecule has 32 heavy (non-hydrogen) atoms. The maximum atomic E-state index is 2.40. The predicted octanol–water partition coefficient (Wildman–Crippen LogP) is 8.55. The average Bonchev–Trinajstić information content (AvgIpc) is 3.42. The van der Waals surface area contributed by atoms with E-state index >= 15 is 0 Å². The summed E-state index contributed by atoms with van der Waals surface area (Å²) in [6.07, 6.45) is 11.1. The normalized spacial score (nSPS) is 13.8. The molecule has 0 fully saturated rings. The Morgan fingerprint density at radius 2 is 0.938 bits per heavy atom. The number of aryl methyl sites for hydroxylation is 4. The summed E-state index contributed by atoms with van der Waals surface area (Å²) in [6, 6.07) is 18.9. The minimum Gasteiger partial charge on any atom is -0.0795 e. The van der Waals surface area contributed by atoms with Gasteiger partial charge >= 0.3 is 0 Å². The summed E-state index contributed by atoms with van der Waals surface area (Å²) in [5.74, 6) is 0. The Kier molecular flexibility index (Phi) is 4.27. The van der Waals surface area contributed by atoms with E-state index in [2.05, 4.69) is 101 Å². The molecule has 0 N–H and O–H groups in total. The van der Waals surface area contributed by atoms with E-state index in [1.165, 1.54) is 77.5 Å². The molecule has 0 amide bonds. The van der Waals surface area contributed by atoms with E-state index in [-0.39, 0.29) is 0 Å². The van der Waals surface area contributed by atoms with Crippen LogP contribution >= 0.6 is 0 Å². The van der Waals surface area contributed by atoms with Gasteiger partial charge in [0.05, 0.1) is 0 Å². The first kappa shape index (κ1) is 19.3. The van der Waals surface area contributed by atoms with Crippen LogP contribution in [0.5, 0.6) is 0 Å². The molecule has 0 heterocycles. The van der Waals surface area contributed by atoms with Crippen LogP contribution in [0.3, 0.4) is 0 Å². The third kappa shape index (κ3) is 2.83. The van der Waals surface area contributed by atoms with Gasteiger partial charge in [0, 0.05) is 0 Å². The molecule has 0 nitrogen and oxygen atoms in total. The van der Waals surface area contributed by atoms with Crippen LogP contribution in [0.1, 0.15) is 44.5 Å². The number of rotatable bonds is 2. The summed E-state index contributed by atoms with van der Waals surface area (Å²) in [5, 5.41) is 2.73. The van der Waals surface area contributed by atoms with Crippen molar-refractivity contribution in [3.63, 3.8) is 0 Å². The van der Waals surface area contributed by atoms with Crippen molar-refractivity contribution in [1.29, 1.82) is 0 Å². The Labute approximate surface area is 190 Å². The monoisotopic (exact) mass is 412 g/mol. The lowest BCUT2D eigenvalue weighted by Crippen LogP contribution is -1.95. The molecule has 2 aliphatic rings. The quantitative estimate of drug-likeness (QED) is 0.309. The van der Waals surface area contributed by atoms with E-state index in [0.29, 0.717) is 0 Å². The largest absolute Gasteiger partial charge is 0.0795 e. The minimum absolute atomic E-state index is 1.05. The van der Waals surface area contributed by atoms with Crippen molar-refractivity contribution in [2.24, 2.45) is 0 Å². The molecule has 0 saturated heterocycles. The summed E-state index contributed by atoms with van der Waals surface area (Å²) in [7, 11) is 0. The van der Waals surface area contributed by atoms with Crippen molar-refractivity contribution in [3.8, 4) is 22.3 Å². The van der Waals surface area contributed by atoms with Gasteiger partial charge in [0.25, 0.3) is 0 Å². The van der Waals surface area contributed by atoms with Gasteiger partial charge in [0.15, 0.2) is 0 Å². The van der Waals surface area contributed by atoms with Crippen molar-refractivity contribution in [3.05, 3.63) is 105 Å². The average molecular weight is 413 g/mol. The first-order chi connectivity index (χ1) is 15.5. The zero-order valence-electron chi connectivity index (χ0n) is 19.3. The third-order valence-corrected chi connectivity index (χ3v) is 7.56. The van der Waals surface area contributed by atoms with Crippen LogP contribution in [0, 0.1) is 27.7 Å². The molecule has 0 saturated carbocycles. The van der Waals surface area contributed by atoms with Gasteiger partial charge in [-0.3, -0.25) is 0 Å².